The van der Waals surface area contributed by atoms with Crippen LogP contribution in [-0.4, -0.2) is 33.0 Å². The van der Waals surface area contributed by atoms with Crippen LogP contribution in [0.1, 0.15) is 20.8 Å². The summed E-state index contributed by atoms with van der Waals surface area (Å²) in [7, 11) is 0. The summed E-state index contributed by atoms with van der Waals surface area (Å²) in [5, 5.41) is 12.7. The zero-order valence-corrected chi connectivity index (χ0v) is 18.8. The smallest absolute Gasteiger partial charge is 0.234 e. The molecule has 0 unspecified atom stereocenters. The highest BCUT2D eigenvalue weighted by molar-refractivity contribution is 7.99. The van der Waals surface area contributed by atoms with Crippen LogP contribution in [0.5, 0.6) is 5.75 Å². The van der Waals surface area contributed by atoms with Crippen molar-refractivity contribution in [2.45, 2.75) is 32.5 Å². The molecule has 0 radical (unpaired) electrons. The van der Waals surface area contributed by atoms with Crippen molar-refractivity contribution in [3.8, 4) is 17.1 Å². The molecule has 0 fully saturated rings. The normalized spacial score (nSPS) is 11.0. The van der Waals surface area contributed by atoms with Crippen LogP contribution in [-0.2, 0) is 11.3 Å². The lowest BCUT2D eigenvalue weighted by Gasteiger charge is -2.10. The fourth-order valence-corrected chi connectivity index (χ4v) is 3.74. The van der Waals surface area contributed by atoms with E-state index in [0.717, 1.165) is 17.1 Å². The Hall–Kier alpha value is -2.51. The Bertz CT molecular complexity index is 989. The Balaban J connectivity index is 1.64. The Kier molecular flexibility index (Phi) is 7.76. The van der Waals surface area contributed by atoms with E-state index in [1.165, 1.54) is 11.8 Å². The molecule has 0 bridgehead atoms. The van der Waals surface area contributed by atoms with Crippen LogP contribution in [0.15, 0.2) is 53.7 Å². The summed E-state index contributed by atoms with van der Waals surface area (Å²) in [4.78, 5) is 12.3. The number of rotatable bonds is 9. The lowest BCUT2D eigenvalue weighted by Crippen LogP contribution is -2.14. The first kappa shape index (κ1) is 22.2. The molecule has 3 rings (SSSR count). The first-order valence-corrected chi connectivity index (χ1v) is 11.2. The monoisotopic (exact) mass is 444 g/mol. The van der Waals surface area contributed by atoms with Crippen molar-refractivity contribution in [1.82, 2.24) is 14.8 Å². The molecule has 0 aliphatic rings. The first-order valence-electron chi connectivity index (χ1n) is 9.81. The van der Waals surface area contributed by atoms with Gasteiger partial charge in [0.1, 0.15) is 5.75 Å². The zero-order valence-electron chi connectivity index (χ0n) is 17.3. The standard InChI is InChI=1S/C22H25ClN4O2S/c1-4-27-21(16-8-10-19(11-9-16)29-13-15(2)3)25-26-22(27)30-14-20(28)24-18-7-5-6-17(23)12-18/h5-12,15H,4,13-14H2,1-3H3,(H,24,28). The fourth-order valence-electron chi connectivity index (χ4n) is 2.75. The minimum absolute atomic E-state index is 0.124. The number of nitrogens with zero attached hydrogens (tertiary/aromatic N) is 3. The number of carbonyl (C=O) groups excluding carboxylic acids is 1. The number of halogens is 1. The molecule has 3 aromatic rings. The second kappa shape index (κ2) is 10.5. The maximum absolute atomic E-state index is 12.3. The average molecular weight is 445 g/mol. The molecular weight excluding hydrogens is 420 g/mol. The summed E-state index contributed by atoms with van der Waals surface area (Å²) in [5.74, 6) is 2.18. The quantitative estimate of drug-likeness (QED) is 0.448. The van der Waals surface area contributed by atoms with E-state index < -0.39 is 0 Å². The van der Waals surface area contributed by atoms with E-state index in [-0.39, 0.29) is 11.7 Å². The molecule has 1 amide bonds. The van der Waals surface area contributed by atoms with Gasteiger partial charge in [0, 0.05) is 22.8 Å². The van der Waals surface area contributed by atoms with Crippen molar-refractivity contribution in [1.29, 1.82) is 0 Å². The van der Waals surface area contributed by atoms with Gasteiger partial charge in [0.25, 0.3) is 0 Å². The number of amides is 1. The zero-order chi connectivity index (χ0) is 21.5. The van der Waals surface area contributed by atoms with Gasteiger partial charge < -0.3 is 14.6 Å². The molecule has 2 aromatic carbocycles. The van der Waals surface area contributed by atoms with Gasteiger partial charge in [-0.25, -0.2) is 0 Å². The first-order chi connectivity index (χ1) is 14.5. The van der Waals surface area contributed by atoms with Crippen LogP contribution in [0.4, 0.5) is 5.69 Å². The van der Waals surface area contributed by atoms with Crippen molar-refractivity contribution < 1.29 is 9.53 Å². The summed E-state index contributed by atoms with van der Waals surface area (Å²) < 4.78 is 7.74. The largest absolute Gasteiger partial charge is 0.493 e. The molecule has 30 heavy (non-hydrogen) atoms. The van der Waals surface area contributed by atoms with Crippen molar-refractivity contribution in [3.63, 3.8) is 0 Å². The van der Waals surface area contributed by atoms with Gasteiger partial charge in [-0.3, -0.25) is 4.79 Å². The highest BCUT2D eigenvalue weighted by Crippen LogP contribution is 2.26. The summed E-state index contributed by atoms with van der Waals surface area (Å²) in [6.45, 7) is 7.65. The average Bonchev–Trinajstić information content (AvgIpc) is 3.14. The van der Waals surface area contributed by atoms with Gasteiger partial charge in [0.15, 0.2) is 11.0 Å². The molecule has 1 heterocycles. The van der Waals surface area contributed by atoms with E-state index in [1.807, 2.05) is 35.8 Å². The number of anilines is 1. The van der Waals surface area contributed by atoms with Crippen LogP contribution in [0.2, 0.25) is 5.02 Å². The summed E-state index contributed by atoms with van der Waals surface area (Å²) in [5.41, 5.74) is 1.63. The molecule has 0 saturated heterocycles. The van der Waals surface area contributed by atoms with Crippen LogP contribution in [0.3, 0.4) is 0 Å². The minimum atomic E-state index is -0.124. The molecule has 0 saturated carbocycles. The summed E-state index contributed by atoms with van der Waals surface area (Å²) >= 11 is 7.31. The number of thioether (sulfide) groups is 1. The number of hydrogen-bond acceptors (Lipinski definition) is 5. The third-order valence-corrected chi connectivity index (χ3v) is 5.37. The number of carbonyl (C=O) groups is 1. The second-order valence-corrected chi connectivity index (χ2v) is 8.51. The third kappa shape index (κ3) is 6.00. The number of ether oxygens (including phenoxy) is 1. The molecule has 0 aliphatic heterocycles. The lowest BCUT2D eigenvalue weighted by molar-refractivity contribution is -0.113. The number of aromatic nitrogens is 3. The molecule has 1 N–H and O–H groups in total. The number of hydrogen-bond donors (Lipinski definition) is 1. The minimum Gasteiger partial charge on any atom is -0.493 e. The Morgan fingerprint density at radius 3 is 2.63 bits per heavy atom. The van der Waals surface area contributed by atoms with Crippen molar-refractivity contribution >= 4 is 35.0 Å². The Labute approximate surface area is 186 Å². The molecule has 1 aromatic heterocycles. The van der Waals surface area contributed by atoms with Gasteiger partial charge in [-0.05, 0) is 55.3 Å². The maximum atomic E-state index is 12.3. The van der Waals surface area contributed by atoms with E-state index >= 15 is 0 Å². The van der Waals surface area contributed by atoms with Crippen LogP contribution >= 0.6 is 23.4 Å². The highest BCUT2D eigenvalue weighted by atomic mass is 35.5. The van der Waals surface area contributed by atoms with Crippen molar-refractivity contribution in [2.75, 3.05) is 17.7 Å². The summed E-state index contributed by atoms with van der Waals surface area (Å²) in [6.07, 6.45) is 0. The SMILES string of the molecule is CCn1c(SCC(=O)Nc2cccc(Cl)c2)nnc1-c1ccc(OCC(C)C)cc1. The third-order valence-electron chi connectivity index (χ3n) is 4.17. The molecular formula is C22H25ClN4O2S. The van der Waals surface area contributed by atoms with Crippen LogP contribution in [0.25, 0.3) is 11.4 Å². The van der Waals surface area contributed by atoms with Crippen molar-refractivity contribution in [3.05, 3.63) is 53.6 Å². The predicted octanol–water partition coefficient (Wildman–Crippen LogP) is 5.38. The maximum Gasteiger partial charge on any atom is 0.234 e. The molecule has 8 heteroatoms. The Morgan fingerprint density at radius 2 is 1.97 bits per heavy atom. The highest BCUT2D eigenvalue weighted by Gasteiger charge is 2.15. The van der Waals surface area contributed by atoms with Gasteiger partial charge in [0.2, 0.25) is 5.91 Å². The Morgan fingerprint density at radius 1 is 1.20 bits per heavy atom. The van der Waals surface area contributed by atoms with E-state index in [4.69, 9.17) is 16.3 Å². The lowest BCUT2D eigenvalue weighted by atomic mass is 10.2. The van der Waals surface area contributed by atoms with Gasteiger partial charge in [-0.1, -0.05) is 43.3 Å². The van der Waals surface area contributed by atoms with E-state index in [2.05, 4.69) is 29.4 Å². The number of benzene rings is 2. The molecule has 6 nitrogen and oxygen atoms in total. The topological polar surface area (TPSA) is 69.0 Å². The van der Waals surface area contributed by atoms with Gasteiger partial charge in [0.05, 0.1) is 12.4 Å². The number of nitrogens with one attached hydrogen (secondary N) is 1. The molecule has 0 aliphatic carbocycles. The summed E-state index contributed by atoms with van der Waals surface area (Å²) in [6, 6.07) is 14.9. The van der Waals surface area contributed by atoms with Crippen LogP contribution < -0.4 is 10.1 Å². The van der Waals surface area contributed by atoms with E-state index in [0.29, 0.717) is 34.9 Å². The van der Waals surface area contributed by atoms with Gasteiger partial charge in [-0.15, -0.1) is 10.2 Å². The second-order valence-electron chi connectivity index (χ2n) is 7.13. The van der Waals surface area contributed by atoms with Crippen LogP contribution in [0, 0.1) is 5.92 Å². The van der Waals surface area contributed by atoms with Crippen molar-refractivity contribution in [2.24, 2.45) is 5.92 Å². The predicted molar refractivity (Wildman–Crippen MR) is 122 cm³/mol. The van der Waals surface area contributed by atoms with Gasteiger partial charge >= 0.3 is 0 Å². The fraction of sp³-hybridized carbons (Fsp3) is 0.318. The molecule has 0 atom stereocenters. The van der Waals surface area contributed by atoms with E-state index in [9.17, 15) is 4.79 Å². The molecule has 158 valence electrons. The van der Waals surface area contributed by atoms with E-state index in [1.54, 1.807) is 24.3 Å². The van der Waals surface area contributed by atoms with Gasteiger partial charge in [-0.2, -0.15) is 0 Å². The molecule has 0 spiro atoms.